The van der Waals surface area contributed by atoms with Gasteiger partial charge in [0.25, 0.3) is 0 Å². The number of nitrogens with one attached hydrogen (secondary N) is 1. The average Bonchev–Trinajstić information content (AvgIpc) is 2.15. The van der Waals surface area contributed by atoms with Crippen LogP contribution in [-0.2, 0) is 4.74 Å². The Kier molecular flexibility index (Phi) is 6.32. The summed E-state index contributed by atoms with van der Waals surface area (Å²) >= 11 is 0. The molecule has 0 bridgehead atoms. The molecule has 0 unspecified atom stereocenters. The predicted molar refractivity (Wildman–Crippen MR) is 68.8 cm³/mol. The number of morpholine rings is 1. The van der Waals surface area contributed by atoms with Gasteiger partial charge in [-0.25, -0.2) is 0 Å². The topological polar surface area (TPSA) is 24.5 Å². The highest BCUT2D eigenvalue weighted by atomic mass is 16.5. The van der Waals surface area contributed by atoms with Gasteiger partial charge in [0.05, 0.1) is 12.2 Å². The molecular weight excluding hydrogens is 200 g/mol. The van der Waals surface area contributed by atoms with Crippen LogP contribution in [0.4, 0.5) is 0 Å². The number of nitrogens with zero attached hydrogens (tertiary/aromatic N) is 1. The van der Waals surface area contributed by atoms with Crippen LogP contribution in [0.5, 0.6) is 0 Å². The van der Waals surface area contributed by atoms with Crippen molar-refractivity contribution in [2.24, 2.45) is 5.92 Å². The van der Waals surface area contributed by atoms with Crippen molar-refractivity contribution < 1.29 is 4.74 Å². The van der Waals surface area contributed by atoms with Crippen LogP contribution in [0.1, 0.15) is 34.1 Å². The maximum Gasteiger partial charge on any atom is 0.0678 e. The molecule has 1 heterocycles. The van der Waals surface area contributed by atoms with Crippen LogP contribution in [0.25, 0.3) is 0 Å². The van der Waals surface area contributed by atoms with Crippen molar-refractivity contribution in [2.45, 2.75) is 46.3 Å². The summed E-state index contributed by atoms with van der Waals surface area (Å²) in [6.45, 7) is 14.4. The number of hydrogen-bond acceptors (Lipinski definition) is 3. The summed E-state index contributed by atoms with van der Waals surface area (Å²) in [5.41, 5.74) is 0. The van der Waals surface area contributed by atoms with Gasteiger partial charge in [0, 0.05) is 26.2 Å². The van der Waals surface area contributed by atoms with Crippen LogP contribution in [0.2, 0.25) is 0 Å². The van der Waals surface area contributed by atoms with Gasteiger partial charge in [-0.15, -0.1) is 0 Å². The van der Waals surface area contributed by atoms with Gasteiger partial charge in [-0.2, -0.15) is 0 Å². The maximum absolute atomic E-state index is 5.71. The fraction of sp³-hybridized carbons (Fsp3) is 1.00. The molecule has 0 radical (unpaired) electrons. The second kappa shape index (κ2) is 7.25. The van der Waals surface area contributed by atoms with Gasteiger partial charge in [0.1, 0.15) is 0 Å². The van der Waals surface area contributed by atoms with E-state index >= 15 is 0 Å². The van der Waals surface area contributed by atoms with Crippen LogP contribution in [0.3, 0.4) is 0 Å². The van der Waals surface area contributed by atoms with Crippen LogP contribution in [-0.4, -0.2) is 49.8 Å². The van der Waals surface area contributed by atoms with E-state index in [2.05, 4.69) is 37.9 Å². The molecule has 3 nitrogen and oxygen atoms in total. The Balaban J connectivity index is 2.04. The molecule has 3 heteroatoms. The van der Waals surface area contributed by atoms with E-state index in [1.165, 1.54) is 6.42 Å². The third-order valence-electron chi connectivity index (χ3n) is 3.00. The first-order chi connectivity index (χ1) is 7.58. The van der Waals surface area contributed by atoms with Crippen LogP contribution >= 0.6 is 0 Å². The Hall–Kier alpha value is -0.120. The van der Waals surface area contributed by atoms with Gasteiger partial charge in [-0.1, -0.05) is 13.8 Å². The Morgan fingerprint density at radius 2 is 1.81 bits per heavy atom. The van der Waals surface area contributed by atoms with Crippen LogP contribution in [0, 0.1) is 5.92 Å². The zero-order chi connectivity index (χ0) is 12.0. The van der Waals surface area contributed by atoms with E-state index in [1.54, 1.807) is 0 Å². The first-order valence-corrected chi connectivity index (χ1v) is 6.66. The summed E-state index contributed by atoms with van der Waals surface area (Å²) < 4.78 is 5.71. The van der Waals surface area contributed by atoms with Gasteiger partial charge in [-0.3, -0.25) is 4.90 Å². The molecule has 0 saturated carbocycles. The van der Waals surface area contributed by atoms with Crippen molar-refractivity contribution in [1.29, 1.82) is 0 Å². The second-order valence-corrected chi connectivity index (χ2v) is 5.45. The predicted octanol–water partition coefficient (Wildman–Crippen LogP) is 1.73. The van der Waals surface area contributed by atoms with Gasteiger partial charge in [0.15, 0.2) is 0 Å². The van der Waals surface area contributed by atoms with Crippen LogP contribution < -0.4 is 5.32 Å². The van der Waals surface area contributed by atoms with Crippen molar-refractivity contribution in [3.8, 4) is 0 Å². The van der Waals surface area contributed by atoms with E-state index < -0.39 is 0 Å². The normalized spacial score (nSPS) is 27.6. The highest BCUT2D eigenvalue weighted by Gasteiger charge is 2.21. The zero-order valence-corrected chi connectivity index (χ0v) is 11.3. The Morgan fingerprint density at radius 3 is 2.38 bits per heavy atom. The summed E-state index contributed by atoms with van der Waals surface area (Å²) in [5.74, 6) is 0.802. The summed E-state index contributed by atoms with van der Waals surface area (Å²) in [4.78, 5) is 2.50. The van der Waals surface area contributed by atoms with E-state index in [4.69, 9.17) is 4.74 Å². The van der Waals surface area contributed by atoms with Gasteiger partial charge >= 0.3 is 0 Å². The molecule has 1 N–H and O–H groups in total. The summed E-state index contributed by atoms with van der Waals surface area (Å²) in [6.07, 6.45) is 2.05. The van der Waals surface area contributed by atoms with Crippen molar-refractivity contribution in [1.82, 2.24) is 10.2 Å². The Labute approximate surface area is 101 Å². The molecule has 1 rings (SSSR count). The third-order valence-corrected chi connectivity index (χ3v) is 3.00. The summed E-state index contributed by atoms with van der Waals surface area (Å²) in [5, 5.41) is 3.51. The van der Waals surface area contributed by atoms with Crippen molar-refractivity contribution in [3.05, 3.63) is 0 Å². The first-order valence-electron chi connectivity index (χ1n) is 6.66. The van der Waals surface area contributed by atoms with Crippen LogP contribution in [0.15, 0.2) is 0 Å². The fourth-order valence-electron chi connectivity index (χ4n) is 2.22. The van der Waals surface area contributed by atoms with E-state index in [9.17, 15) is 0 Å². The second-order valence-electron chi connectivity index (χ2n) is 5.45. The molecule has 0 aromatic rings. The van der Waals surface area contributed by atoms with Gasteiger partial charge in [-0.05, 0) is 32.7 Å². The van der Waals surface area contributed by atoms with Gasteiger partial charge in [0.2, 0.25) is 0 Å². The number of rotatable bonds is 6. The fourth-order valence-corrected chi connectivity index (χ4v) is 2.22. The molecule has 0 amide bonds. The standard InChI is InChI=1S/C13H28N2O/c1-11(2)5-6-14-7-8-15-9-12(3)16-13(4)10-15/h11-14H,5-10H2,1-4H3/t12-,13+. The number of hydrogen-bond donors (Lipinski definition) is 1. The average molecular weight is 228 g/mol. The summed E-state index contributed by atoms with van der Waals surface area (Å²) in [6, 6.07) is 0. The molecule has 0 aliphatic carbocycles. The smallest absolute Gasteiger partial charge is 0.0678 e. The van der Waals surface area contributed by atoms with E-state index in [1.807, 2.05) is 0 Å². The summed E-state index contributed by atoms with van der Waals surface area (Å²) in [7, 11) is 0. The maximum atomic E-state index is 5.71. The molecule has 1 saturated heterocycles. The molecule has 0 spiro atoms. The van der Waals surface area contributed by atoms with E-state index in [0.717, 1.165) is 38.6 Å². The number of ether oxygens (including phenoxy) is 1. The van der Waals surface area contributed by atoms with Crippen molar-refractivity contribution in [2.75, 3.05) is 32.7 Å². The van der Waals surface area contributed by atoms with E-state index in [-0.39, 0.29) is 0 Å². The highest BCUT2D eigenvalue weighted by molar-refractivity contribution is 4.73. The molecular formula is C13H28N2O. The van der Waals surface area contributed by atoms with E-state index in [0.29, 0.717) is 12.2 Å². The third kappa shape index (κ3) is 5.83. The molecule has 2 atom stereocenters. The monoisotopic (exact) mass is 228 g/mol. The molecule has 1 fully saturated rings. The SMILES string of the molecule is CC(C)CCNCCN1C[C@@H](C)O[C@@H](C)C1. The lowest BCUT2D eigenvalue weighted by molar-refractivity contribution is -0.0674. The highest BCUT2D eigenvalue weighted by Crippen LogP contribution is 2.09. The minimum absolute atomic E-state index is 0.388. The largest absolute Gasteiger partial charge is 0.373 e. The lowest BCUT2D eigenvalue weighted by atomic mass is 10.1. The lowest BCUT2D eigenvalue weighted by Gasteiger charge is -2.35. The van der Waals surface area contributed by atoms with Crippen molar-refractivity contribution in [3.63, 3.8) is 0 Å². The molecule has 0 aromatic heterocycles. The minimum atomic E-state index is 0.388. The quantitative estimate of drug-likeness (QED) is 0.701. The molecule has 96 valence electrons. The van der Waals surface area contributed by atoms with Crippen molar-refractivity contribution >= 4 is 0 Å². The zero-order valence-electron chi connectivity index (χ0n) is 11.3. The van der Waals surface area contributed by atoms with Gasteiger partial charge < -0.3 is 10.1 Å². The minimum Gasteiger partial charge on any atom is -0.373 e. The molecule has 16 heavy (non-hydrogen) atoms. The molecule has 0 aromatic carbocycles. The Bertz CT molecular complexity index is 175. The molecule has 1 aliphatic heterocycles. The molecule has 1 aliphatic rings. The lowest BCUT2D eigenvalue weighted by Crippen LogP contribution is -2.47. The first kappa shape index (κ1) is 13.9. The Morgan fingerprint density at radius 1 is 1.19 bits per heavy atom.